The first kappa shape index (κ1) is 25.4. The molecule has 0 atom stereocenters. The second kappa shape index (κ2) is 8.92. The molecule has 5 rings (SSSR count). The molecule has 1 aliphatic heterocycles. The number of halogens is 2. The number of anilines is 2. The molecule has 38 heavy (non-hydrogen) atoms. The lowest BCUT2D eigenvalue weighted by atomic mass is 10.00. The minimum atomic E-state index is -4.47. The third-order valence-electron chi connectivity index (χ3n) is 5.74. The summed E-state index contributed by atoms with van der Waals surface area (Å²) in [4.78, 5) is 13.0. The fourth-order valence-corrected chi connectivity index (χ4v) is 5.82. The Hall–Kier alpha value is -4.30. The van der Waals surface area contributed by atoms with E-state index in [1.807, 2.05) is 0 Å². The van der Waals surface area contributed by atoms with Crippen LogP contribution in [0.3, 0.4) is 0 Å². The zero-order valence-electron chi connectivity index (χ0n) is 19.4. The molecular weight excluding hydrogens is 542 g/mol. The SMILES string of the molecule is CS(=O)(=O)Nc1ccc2c(c1)S(=O)(=O)N=C(c1c(O)c(Cc3ccc(F)cc3)c3ccc(F)cn3c1=O)N2. The van der Waals surface area contributed by atoms with Crippen LogP contribution in [0.15, 0.2) is 74.9 Å². The Kier molecular flexibility index (Phi) is 5.95. The summed E-state index contributed by atoms with van der Waals surface area (Å²) in [6.45, 7) is 0. The van der Waals surface area contributed by atoms with Crippen LogP contribution in [0.4, 0.5) is 20.2 Å². The van der Waals surface area contributed by atoms with Gasteiger partial charge < -0.3 is 10.4 Å². The third-order valence-corrected chi connectivity index (χ3v) is 7.66. The zero-order chi connectivity index (χ0) is 27.4. The second-order valence-corrected chi connectivity index (χ2v) is 11.9. The maximum absolute atomic E-state index is 14.1. The molecule has 0 spiro atoms. The average Bonchev–Trinajstić information content (AvgIpc) is 2.82. The molecule has 0 fully saturated rings. The number of fused-ring (bicyclic) bond motifs is 2. The Bertz CT molecular complexity index is 1940. The lowest BCUT2D eigenvalue weighted by Gasteiger charge is -2.21. The summed E-state index contributed by atoms with van der Waals surface area (Å²) in [6.07, 6.45) is 1.78. The summed E-state index contributed by atoms with van der Waals surface area (Å²) in [6, 6.07) is 11.4. The molecule has 0 amide bonds. The van der Waals surface area contributed by atoms with Crippen molar-refractivity contribution in [3.05, 3.63) is 99.5 Å². The van der Waals surface area contributed by atoms with Gasteiger partial charge in [-0.2, -0.15) is 8.42 Å². The van der Waals surface area contributed by atoms with Crippen LogP contribution in [0.1, 0.15) is 16.7 Å². The van der Waals surface area contributed by atoms with E-state index in [0.29, 0.717) is 5.56 Å². The van der Waals surface area contributed by atoms with Crippen molar-refractivity contribution in [2.75, 3.05) is 16.3 Å². The monoisotopic (exact) mass is 560 g/mol. The Morgan fingerprint density at radius 3 is 2.42 bits per heavy atom. The highest BCUT2D eigenvalue weighted by molar-refractivity contribution is 7.92. The van der Waals surface area contributed by atoms with Gasteiger partial charge in [0, 0.05) is 23.9 Å². The Balaban J connectivity index is 1.70. The van der Waals surface area contributed by atoms with Crippen LogP contribution in [-0.4, -0.2) is 38.4 Å². The van der Waals surface area contributed by atoms with Gasteiger partial charge in [-0.15, -0.1) is 4.40 Å². The number of rotatable bonds is 5. The van der Waals surface area contributed by atoms with Gasteiger partial charge in [0.05, 0.1) is 17.5 Å². The number of amidine groups is 1. The molecule has 3 N–H and O–H groups in total. The molecule has 0 radical (unpaired) electrons. The van der Waals surface area contributed by atoms with Gasteiger partial charge in [-0.25, -0.2) is 17.2 Å². The van der Waals surface area contributed by atoms with E-state index in [9.17, 15) is 35.5 Å². The fourth-order valence-electron chi connectivity index (χ4n) is 4.12. The van der Waals surface area contributed by atoms with Gasteiger partial charge in [-0.1, -0.05) is 12.1 Å². The summed E-state index contributed by atoms with van der Waals surface area (Å²) in [7, 11) is -8.17. The Morgan fingerprint density at radius 1 is 1.05 bits per heavy atom. The molecule has 0 saturated carbocycles. The maximum Gasteiger partial charge on any atom is 0.286 e. The van der Waals surface area contributed by atoms with E-state index < -0.39 is 54.4 Å². The van der Waals surface area contributed by atoms with E-state index in [1.54, 1.807) is 0 Å². The van der Waals surface area contributed by atoms with Crippen LogP contribution in [0.2, 0.25) is 0 Å². The zero-order valence-corrected chi connectivity index (χ0v) is 21.1. The van der Waals surface area contributed by atoms with Crippen molar-refractivity contribution in [2.45, 2.75) is 11.3 Å². The first-order valence-electron chi connectivity index (χ1n) is 10.9. The number of benzene rings is 2. The van der Waals surface area contributed by atoms with Gasteiger partial charge in [-0.05, 0) is 48.0 Å². The molecule has 2 aromatic heterocycles. The number of hydrogen-bond donors (Lipinski definition) is 3. The third kappa shape index (κ3) is 4.70. The smallest absolute Gasteiger partial charge is 0.286 e. The summed E-state index contributed by atoms with van der Waals surface area (Å²) >= 11 is 0. The number of aromatic nitrogens is 1. The predicted octanol–water partition coefficient (Wildman–Crippen LogP) is 2.81. The van der Waals surface area contributed by atoms with Crippen LogP contribution in [-0.2, 0) is 26.5 Å². The van der Waals surface area contributed by atoms with Crippen molar-refractivity contribution in [2.24, 2.45) is 4.40 Å². The van der Waals surface area contributed by atoms with E-state index in [4.69, 9.17) is 0 Å². The summed E-state index contributed by atoms with van der Waals surface area (Å²) in [5.74, 6) is -2.34. The highest BCUT2D eigenvalue weighted by Crippen LogP contribution is 2.34. The quantitative estimate of drug-likeness (QED) is 0.340. The van der Waals surface area contributed by atoms with Gasteiger partial charge in [0.2, 0.25) is 10.0 Å². The normalized spacial score (nSPS) is 14.4. The van der Waals surface area contributed by atoms with E-state index in [1.165, 1.54) is 42.5 Å². The Labute approximate surface area is 215 Å². The van der Waals surface area contributed by atoms with Crippen LogP contribution < -0.4 is 15.6 Å². The predicted molar refractivity (Wildman–Crippen MR) is 137 cm³/mol. The molecule has 0 bridgehead atoms. The van der Waals surface area contributed by atoms with Gasteiger partial charge in [0.25, 0.3) is 15.6 Å². The van der Waals surface area contributed by atoms with Crippen molar-refractivity contribution in [1.29, 1.82) is 0 Å². The average molecular weight is 561 g/mol. The van der Waals surface area contributed by atoms with Gasteiger partial charge >= 0.3 is 0 Å². The minimum absolute atomic E-state index is 0.00827. The molecule has 0 saturated heterocycles. The Morgan fingerprint density at radius 2 is 1.74 bits per heavy atom. The van der Waals surface area contributed by atoms with E-state index >= 15 is 0 Å². The van der Waals surface area contributed by atoms with Gasteiger partial charge in [-0.3, -0.25) is 13.9 Å². The molecule has 10 nitrogen and oxygen atoms in total. The van der Waals surface area contributed by atoms with Crippen LogP contribution in [0.25, 0.3) is 5.52 Å². The number of aromatic hydroxyl groups is 1. The fraction of sp³-hybridized carbons (Fsp3) is 0.0833. The summed E-state index contributed by atoms with van der Waals surface area (Å²) in [5, 5.41) is 13.9. The topological polar surface area (TPSA) is 146 Å². The molecule has 1 aliphatic rings. The first-order valence-corrected chi connectivity index (χ1v) is 14.2. The lowest BCUT2D eigenvalue weighted by Crippen LogP contribution is -2.31. The van der Waals surface area contributed by atoms with Crippen LogP contribution >= 0.6 is 0 Å². The van der Waals surface area contributed by atoms with E-state index in [0.717, 1.165) is 29.0 Å². The summed E-state index contributed by atoms with van der Waals surface area (Å²) < 4.78 is 83.4. The van der Waals surface area contributed by atoms with Crippen LogP contribution in [0.5, 0.6) is 5.75 Å². The minimum Gasteiger partial charge on any atom is -0.507 e. The van der Waals surface area contributed by atoms with Crippen molar-refractivity contribution in [3.63, 3.8) is 0 Å². The molecule has 0 unspecified atom stereocenters. The lowest BCUT2D eigenvalue weighted by molar-refractivity contribution is 0.467. The van der Waals surface area contributed by atoms with Gasteiger partial charge in [0.1, 0.15) is 27.8 Å². The molecule has 196 valence electrons. The van der Waals surface area contributed by atoms with Gasteiger partial charge in [0.15, 0.2) is 5.84 Å². The molecule has 3 heterocycles. The molecule has 14 heteroatoms. The number of hydrogen-bond acceptors (Lipinski definition) is 7. The highest BCUT2D eigenvalue weighted by Gasteiger charge is 2.31. The summed E-state index contributed by atoms with van der Waals surface area (Å²) in [5.41, 5.74) is -0.680. The maximum atomic E-state index is 14.1. The molecule has 0 aliphatic carbocycles. The van der Waals surface area contributed by atoms with Crippen molar-refractivity contribution in [3.8, 4) is 5.75 Å². The van der Waals surface area contributed by atoms with E-state index in [-0.39, 0.29) is 33.8 Å². The largest absolute Gasteiger partial charge is 0.507 e. The van der Waals surface area contributed by atoms with Crippen LogP contribution in [0, 0.1) is 11.6 Å². The van der Waals surface area contributed by atoms with Crippen molar-refractivity contribution in [1.82, 2.24) is 4.40 Å². The standard InChI is InChI=1S/C24H18F2N4O6S2/c1-37(33,34)28-16-7-8-18-20(11-16)38(35,36)29-23(27-18)21-22(31)17(10-13-2-4-14(25)5-3-13)19-9-6-15(26)12-30(19)24(21)32/h2-9,11-12,28,31H,10H2,1H3,(H,27,29). The highest BCUT2D eigenvalue weighted by atomic mass is 32.2. The first-order chi connectivity index (χ1) is 17.8. The number of nitrogens with one attached hydrogen (secondary N) is 2. The number of pyridine rings is 2. The molecular formula is C24H18F2N4O6S2. The van der Waals surface area contributed by atoms with Crippen molar-refractivity contribution < 1.29 is 30.7 Å². The van der Waals surface area contributed by atoms with Crippen molar-refractivity contribution >= 4 is 42.8 Å². The van der Waals surface area contributed by atoms with E-state index in [2.05, 4.69) is 14.4 Å². The molecule has 4 aromatic rings. The number of sulfonamides is 2. The second-order valence-electron chi connectivity index (χ2n) is 8.54. The number of nitrogens with zero attached hydrogens (tertiary/aromatic N) is 2. The molecule has 2 aromatic carbocycles.